The first-order chi connectivity index (χ1) is 12.7. The SMILES string of the molecule is CC(=O)c1cccc(NS(=O)(=O)c2ccc3c(c2)SC(C)CN3C(C)=O)c1. The molecule has 142 valence electrons. The summed E-state index contributed by atoms with van der Waals surface area (Å²) in [6, 6.07) is 11.1. The number of thioether (sulfide) groups is 1. The van der Waals surface area contributed by atoms with Gasteiger partial charge in [-0.2, -0.15) is 0 Å². The van der Waals surface area contributed by atoms with Crippen molar-refractivity contribution in [2.24, 2.45) is 0 Å². The standard InChI is InChI=1S/C19H20N2O4S2/c1-12-11-21(14(3)23)18-8-7-17(10-19(18)26-12)27(24,25)20-16-6-4-5-15(9-16)13(2)22/h4-10,12,20H,11H2,1-3H3. The largest absolute Gasteiger partial charge is 0.310 e. The molecule has 2 aromatic rings. The van der Waals surface area contributed by atoms with Crippen LogP contribution in [-0.2, 0) is 14.8 Å². The molecule has 1 heterocycles. The average Bonchev–Trinajstić information content (AvgIpc) is 2.60. The highest BCUT2D eigenvalue weighted by molar-refractivity contribution is 8.00. The Labute approximate surface area is 163 Å². The van der Waals surface area contributed by atoms with E-state index in [0.717, 1.165) is 10.6 Å². The van der Waals surface area contributed by atoms with E-state index in [1.54, 1.807) is 47.0 Å². The number of hydrogen-bond acceptors (Lipinski definition) is 5. The van der Waals surface area contributed by atoms with Crippen LogP contribution < -0.4 is 9.62 Å². The van der Waals surface area contributed by atoms with Gasteiger partial charge in [-0.15, -0.1) is 11.8 Å². The number of fused-ring (bicyclic) bond motifs is 1. The molecule has 1 amide bonds. The highest BCUT2D eigenvalue weighted by atomic mass is 32.2. The Bertz CT molecular complexity index is 1020. The van der Waals surface area contributed by atoms with Crippen LogP contribution in [0, 0.1) is 0 Å². The monoisotopic (exact) mass is 404 g/mol. The molecular formula is C19H20N2O4S2. The molecule has 0 aromatic heterocycles. The number of nitrogens with one attached hydrogen (secondary N) is 1. The first-order valence-corrected chi connectivity index (χ1v) is 10.8. The van der Waals surface area contributed by atoms with Crippen LogP contribution in [0.2, 0.25) is 0 Å². The fourth-order valence-corrected chi connectivity index (χ4v) is 5.20. The molecule has 0 spiro atoms. The molecule has 0 radical (unpaired) electrons. The van der Waals surface area contributed by atoms with Crippen molar-refractivity contribution in [1.29, 1.82) is 0 Å². The van der Waals surface area contributed by atoms with E-state index >= 15 is 0 Å². The normalized spacial score (nSPS) is 16.6. The lowest BCUT2D eigenvalue weighted by atomic mass is 10.1. The molecule has 6 nitrogen and oxygen atoms in total. The third kappa shape index (κ3) is 4.17. The van der Waals surface area contributed by atoms with E-state index in [1.807, 2.05) is 6.92 Å². The van der Waals surface area contributed by atoms with Crippen LogP contribution in [0.15, 0.2) is 52.3 Å². The van der Waals surface area contributed by atoms with Crippen molar-refractivity contribution in [1.82, 2.24) is 0 Å². The predicted molar refractivity (Wildman–Crippen MR) is 107 cm³/mol. The molecule has 0 fully saturated rings. The summed E-state index contributed by atoms with van der Waals surface area (Å²) in [6.07, 6.45) is 0. The maximum absolute atomic E-state index is 12.8. The van der Waals surface area contributed by atoms with Gasteiger partial charge in [-0.25, -0.2) is 8.42 Å². The summed E-state index contributed by atoms with van der Waals surface area (Å²) in [5, 5.41) is 0.166. The number of Topliss-reactive ketones (excluding diaryl/α,β-unsaturated/α-hetero) is 1. The van der Waals surface area contributed by atoms with Crippen LogP contribution in [0.25, 0.3) is 0 Å². The number of rotatable bonds is 4. The van der Waals surface area contributed by atoms with Gasteiger partial charge in [0.2, 0.25) is 5.91 Å². The first-order valence-electron chi connectivity index (χ1n) is 8.40. The minimum Gasteiger partial charge on any atom is -0.310 e. The van der Waals surface area contributed by atoms with Crippen molar-refractivity contribution in [3.05, 3.63) is 48.0 Å². The molecule has 0 saturated heterocycles. The van der Waals surface area contributed by atoms with Crippen molar-refractivity contribution >= 4 is 44.9 Å². The van der Waals surface area contributed by atoms with Gasteiger partial charge in [-0.3, -0.25) is 14.3 Å². The molecule has 1 N–H and O–H groups in total. The molecule has 8 heteroatoms. The smallest absolute Gasteiger partial charge is 0.261 e. The number of hydrogen-bond donors (Lipinski definition) is 1. The van der Waals surface area contributed by atoms with E-state index in [2.05, 4.69) is 4.72 Å². The molecule has 2 aromatic carbocycles. The summed E-state index contributed by atoms with van der Waals surface area (Å²) in [5.74, 6) is -0.210. The molecule has 0 aliphatic carbocycles. The van der Waals surface area contributed by atoms with E-state index < -0.39 is 10.0 Å². The molecule has 1 aliphatic rings. The number of sulfonamides is 1. The van der Waals surface area contributed by atoms with E-state index in [4.69, 9.17) is 0 Å². The van der Waals surface area contributed by atoms with Crippen molar-refractivity contribution in [3.63, 3.8) is 0 Å². The van der Waals surface area contributed by atoms with Gasteiger partial charge in [0.15, 0.2) is 5.78 Å². The third-order valence-electron chi connectivity index (χ3n) is 4.20. The van der Waals surface area contributed by atoms with Crippen LogP contribution >= 0.6 is 11.8 Å². The number of amides is 1. The van der Waals surface area contributed by atoms with Gasteiger partial charge >= 0.3 is 0 Å². The number of carbonyl (C=O) groups excluding carboxylic acids is 2. The summed E-state index contributed by atoms with van der Waals surface area (Å²) >= 11 is 1.55. The molecule has 1 unspecified atom stereocenters. The van der Waals surface area contributed by atoms with Crippen LogP contribution in [-0.4, -0.2) is 31.9 Å². The second-order valence-corrected chi connectivity index (χ2v) is 9.59. The van der Waals surface area contributed by atoms with Crippen molar-refractivity contribution in [3.8, 4) is 0 Å². The summed E-state index contributed by atoms with van der Waals surface area (Å²) in [6.45, 7) is 5.52. The molecule has 3 rings (SSSR count). The van der Waals surface area contributed by atoms with Crippen LogP contribution in [0.3, 0.4) is 0 Å². The van der Waals surface area contributed by atoms with Gasteiger partial charge in [-0.05, 0) is 37.3 Å². The fourth-order valence-electron chi connectivity index (χ4n) is 2.90. The molecule has 0 bridgehead atoms. The number of benzene rings is 2. The highest BCUT2D eigenvalue weighted by Crippen LogP contribution is 2.39. The van der Waals surface area contributed by atoms with Crippen LogP contribution in [0.1, 0.15) is 31.1 Å². The Hall–Kier alpha value is -2.32. The zero-order chi connectivity index (χ0) is 19.8. The van der Waals surface area contributed by atoms with E-state index in [-0.39, 0.29) is 21.8 Å². The van der Waals surface area contributed by atoms with E-state index in [1.165, 1.54) is 26.0 Å². The number of nitrogens with zero attached hydrogens (tertiary/aromatic N) is 1. The first kappa shape index (κ1) is 19.4. The zero-order valence-corrected chi connectivity index (χ0v) is 16.9. The van der Waals surface area contributed by atoms with Gasteiger partial charge in [0.25, 0.3) is 10.0 Å². The lowest BCUT2D eigenvalue weighted by molar-refractivity contribution is -0.116. The van der Waals surface area contributed by atoms with Gasteiger partial charge in [0.1, 0.15) is 0 Å². The summed E-state index contributed by atoms with van der Waals surface area (Å²) in [4.78, 5) is 25.9. The minimum atomic E-state index is -3.82. The van der Waals surface area contributed by atoms with E-state index in [9.17, 15) is 18.0 Å². The molecule has 27 heavy (non-hydrogen) atoms. The zero-order valence-electron chi connectivity index (χ0n) is 15.2. The van der Waals surface area contributed by atoms with Crippen molar-refractivity contribution in [2.75, 3.05) is 16.2 Å². The number of anilines is 2. The second-order valence-electron chi connectivity index (χ2n) is 6.43. The van der Waals surface area contributed by atoms with Crippen LogP contribution in [0.5, 0.6) is 0 Å². The highest BCUT2D eigenvalue weighted by Gasteiger charge is 2.27. The van der Waals surface area contributed by atoms with E-state index in [0.29, 0.717) is 17.8 Å². The maximum atomic E-state index is 12.8. The van der Waals surface area contributed by atoms with Gasteiger partial charge in [0.05, 0.1) is 10.6 Å². The van der Waals surface area contributed by atoms with Gasteiger partial charge < -0.3 is 4.90 Å². The number of ketones is 1. The second kappa shape index (κ2) is 7.36. The van der Waals surface area contributed by atoms with Gasteiger partial charge in [-0.1, -0.05) is 19.1 Å². The minimum absolute atomic E-state index is 0.0711. The average molecular weight is 405 g/mol. The Morgan fingerprint density at radius 1 is 1.15 bits per heavy atom. The van der Waals surface area contributed by atoms with Gasteiger partial charge in [0, 0.05) is 34.9 Å². The van der Waals surface area contributed by atoms with Crippen LogP contribution in [0.4, 0.5) is 11.4 Å². The fraction of sp³-hybridized carbons (Fsp3) is 0.263. The lowest BCUT2D eigenvalue weighted by Crippen LogP contribution is -2.37. The summed E-state index contributed by atoms with van der Waals surface area (Å²) in [7, 11) is -3.82. The predicted octanol–water partition coefficient (Wildman–Crippen LogP) is 3.54. The Kier molecular flexibility index (Phi) is 5.30. The lowest BCUT2D eigenvalue weighted by Gasteiger charge is -2.32. The number of carbonyl (C=O) groups is 2. The quantitative estimate of drug-likeness (QED) is 0.788. The van der Waals surface area contributed by atoms with Crippen molar-refractivity contribution in [2.45, 2.75) is 35.8 Å². The maximum Gasteiger partial charge on any atom is 0.261 e. The topological polar surface area (TPSA) is 83.6 Å². The Balaban J connectivity index is 1.94. The Morgan fingerprint density at radius 3 is 2.56 bits per heavy atom. The Morgan fingerprint density at radius 2 is 1.89 bits per heavy atom. The molecule has 1 atom stereocenters. The third-order valence-corrected chi connectivity index (χ3v) is 6.71. The summed E-state index contributed by atoms with van der Waals surface area (Å²) < 4.78 is 28.1. The van der Waals surface area contributed by atoms with Crippen molar-refractivity contribution < 1.29 is 18.0 Å². The molecular weight excluding hydrogens is 384 g/mol. The molecule has 1 aliphatic heterocycles. The molecule has 0 saturated carbocycles. The summed E-state index contributed by atoms with van der Waals surface area (Å²) in [5.41, 5.74) is 1.48.